The van der Waals surface area contributed by atoms with Gasteiger partial charge in [0.25, 0.3) is 11.8 Å². The van der Waals surface area contributed by atoms with Gasteiger partial charge in [0.15, 0.2) is 0 Å². The fraction of sp³-hybridized carbons (Fsp3) is 0.171. The molecule has 4 aromatic rings. The van der Waals surface area contributed by atoms with Crippen molar-refractivity contribution in [3.63, 3.8) is 0 Å². The number of rotatable bonds is 12. The topological polar surface area (TPSA) is 106 Å². The van der Waals surface area contributed by atoms with E-state index in [4.69, 9.17) is 21.1 Å². The summed E-state index contributed by atoms with van der Waals surface area (Å²) in [6.07, 6.45) is -2.80. The van der Waals surface area contributed by atoms with Gasteiger partial charge in [-0.05, 0) is 79.2 Å². The number of methoxy groups -OCH3 is 2. The first-order valence-electron chi connectivity index (χ1n) is 14.5. The lowest BCUT2D eigenvalue weighted by molar-refractivity contribution is -0.137. The second-order valence-electron chi connectivity index (χ2n) is 10.2. The number of ether oxygens (including phenoxy) is 2. The molecule has 0 heterocycles. The van der Waals surface area contributed by atoms with E-state index in [0.717, 1.165) is 30.0 Å². The number of halogens is 4. The van der Waals surface area contributed by atoms with E-state index in [0.29, 0.717) is 39.6 Å². The Bertz CT molecular complexity index is 1820. The first kappa shape index (κ1) is 35.9. The number of nitrogens with one attached hydrogen (secondary N) is 3. The average Bonchev–Trinajstić information content (AvgIpc) is 3.07. The normalized spacial score (nSPS) is 12.1. The third-order valence-corrected chi connectivity index (χ3v) is 8.54. The number of carbonyl (C=O) groups excluding carboxylic acids is 3. The molecule has 0 bridgehead atoms. The fourth-order valence-electron chi connectivity index (χ4n) is 4.39. The Morgan fingerprint density at radius 2 is 1.65 bits per heavy atom. The molecule has 48 heavy (non-hydrogen) atoms. The highest BCUT2D eigenvalue weighted by Crippen LogP contribution is 2.35. The minimum atomic E-state index is -4.60. The summed E-state index contributed by atoms with van der Waals surface area (Å²) < 4.78 is 50.4. The summed E-state index contributed by atoms with van der Waals surface area (Å²) in [5, 5.41) is 7.22. The zero-order chi connectivity index (χ0) is 34.8. The number of alkyl halides is 3. The Labute approximate surface area is 284 Å². The molecular formula is C35H31ClF3N3O5S. The Hall–Kier alpha value is -4.94. The predicted octanol–water partition coefficient (Wildman–Crippen LogP) is 8.30. The number of carbonyl (C=O) groups is 3. The third-order valence-electron chi connectivity index (χ3n) is 6.85. The Morgan fingerprint density at radius 3 is 2.31 bits per heavy atom. The van der Waals surface area contributed by atoms with Crippen molar-refractivity contribution in [1.29, 1.82) is 0 Å². The quantitative estimate of drug-likeness (QED) is 0.102. The highest BCUT2D eigenvalue weighted by molar-refractivity contribution is 8.00. The van der Waals surface area contributed by atoms with Crippen molar-refractivity contribution in [2.24, 2.45) is 0 Å². The maximum absolute atomic E-state index is 13.6. The lowest BCUT2D eigenvalue weighted by Gasteiger charge is -2.17. The summed E-state index contributed by atoms with van der Waals surface area (Å²) in [6.45, 7) is 1.76. The number of hydrogen-bond acceptors (Lipinski definition) is 6. The van der Waals surface area contributed by atoms with Gasteiger partial charge in [0, 0.05) is 21.7 Å². The zero-order valence-electron chi connectivity index (χ0n) is 26.0. The number of benzene rings is 4. The van der Waals surface area contributed by atoms with Gasteiger partial charge in [-0.25, -0.2) is 0 Å². The number of thioether (sulfide) groups is 1. The maximum Gasteiger partial charge on any atom is 0.416 e. The molecule has 0 fully saturated rings. The van der Waals surface area contributed by atoms with Crippen LogP contribution in [0.15, 0.2) is 102 Å². The van der Waals surface area contributed by atoms with Crippen molar-refractivity contribution in [2.45, 2.75) is 29.7 Å². The van der Waals surface area contributed by atoms with Gasteiger partial charge in [0.05, 0.1) is 35.7 Å². The minimum absolute atomic E-state index is 0.0318. The van der Waals surface area contributed by atoms with Crippen molar-refractivity contribution >= 4 is 58.5 Å². The molecule has 0 radical (unpaired) electrons. The van der Waals surface area contributed by atoms with Crippen molar-refractivity contribution in [3.05, 3.63) is 118 Å². The van der Waals surface area contributed by atoms with E-state index in [1.807, 2.05) is 0 Å². The summed E-state index contributed by atoms with van der Waals surface area (Å²) in [5.41, 5.74) is -0.0126. The molecule has 0 spiro atoms. The van der Waals surface area contributed by atoms with Gasteiger partial charge in [0.1, 0.15) is 17.2 Å². The zero-order valence-corrected chi connectivity index (χ0v) is 27.6. The lowest BCUT2D eigenvalue weighted by atomic mass is 10.1. The summed E-state index contributed by atoms with van der Waals surface area (Å²) in [5.74, 6) is -0.759. The van der Waals surface area contributed by atoms with Crippen LogP contribution in [0.5, 0.6) is 11.5 Å². The van der Waals surface area contributed by atoms with E-state index in [-0.39, 0.29) is 16.4 Å². The molecule has 3 amide bonds. The lowest BCUT2D eigenvalue weighted by Crippen LogP contribution is -2.30. The molecule has 250 valence electrons. The van der Waals surface area contributed by atoms with Crippen molar-refractivity contribution in [3.8, 4) is 11.5 Å². The molecule has 1 atom stereocenters. The molecule has 3 N–H and O–H groups in total. The highest BCUT2D eigenvalue weighted by atomic mass is 35.5. The van der Waals surface area contributed by atoms with E-state index >= 15 is 0 Å². The fourth-order valence-corrected chi connectivity index (χ4v) is 5.57. The Kier molecular flexibility index (Phi) is 12.2. The van der Waals surface area contributed by atoms with Crippen LogP contribution in [-0.2, 0) is 15.8 Å². The first-order chi connectivity index (χ1) is 22.9. The van der Waals surface area contributed by atoms with Crippen LogP contribution in [0.25, 0.3) is 6.08 Å². The van der Waals surface area contributed by atoms with Crippen LogP contribution in [-0.4, -0.2) is 37.2 Å². The Morgan fingerprint density at radius 1 is 0.896 bits per heavy atom. The van der Waals surface area contributed by atoms with Gasteiger partial charge in [-0.3, -0.25) is 14.4 Å². The number of hydrogen-bond donors (Lipinski definition) is 3. The molecule has 1 unspecified atom stereocenters. The summed E-state index contributed by atoms with van der Waals surface area (Å²) in [6, 6.07) is 22.8. The molecule has 0 aromatic heterocycles. The molecule has 0 aliphatic rings. The van der Waals surface area contributed by atoms with Crippen LogP contribution < -0.4 is 25.4 Å². The van der Waals surface area contributed by atoms with Crippen LogP contribution in [0.4, 0.5) is 24.5 Å². The molecule has 0 aliphatic carbocycles. The van der Waals surface area contributed by atoms with Crippen molar-refractivity contribution < 1.29 is 37.0 Å². The van der Waals surface area contributed by atoms with Gasteiger partial charge >= 0.3 is 6.18 Å². The molecule has 0 aliphatic heterocycles. The van der Waals surface area contributed by atoms with Gasteiger partial charge in [-0.15, -0.1) is 11.8 Å². The van der Waals surface area contributed by atoms with Gasteiger partial charge in [-0.1, -0.05) is 42.8 Å². The second kappa shape index (κ2) is 16.2. The Balaban J connectivity index is 1.56. The van der Waals surface area contributed by atoms with Gasteiger partial charge in [-0.2, -0.15) is 13.2 Å². The average molecular weight is 698 g/mol. The van der Waals surface area contributed by atoms with Crippen molar-refractivity contribution in [2.75, 3.05) is 24.9 Å². The minimum Gasteiger partial charge on any atom is -0.497 e. The van der Waals surface area contributed by atoms with E-state index < -0.39 is 34.7 Å². The molecular weight excluding hydrogens is 667 g/mol. The van der Waals surface area contributed by atoms with Crippen LogP contribution in [0.2, 0.25) is 5.02 Å². The van der Waals surface area contributed by atoms with Crippen LogP contribution in [0.3, 0.4) is 0 Å². The number of anilines is 2. The molecule has 0 saturated heterocycles. The molecule has 4 rings (SSSR count). The molecule has 0 saturated carbocycles. The van der Waals surface area contributed by atoms with Crippen LogP contribution in [0.1, 0.15) is 34.8 Å². The van der Waals surface area contributed by atoms with Crippen LogP contribution >= 0.6 is 23.4 Å². The van der Waals surface area contributed by atoms with Gasteiger partial charge < -0.3 is 25.4 Å². The number of amides is 3. The maximum atomic E-state index is 13.6. The SMILES string of the molecule is CCC(Sc1cccc(NC(=O)/C(=C\c2cc(OC)ccc2OC)NC(=O)c2ccccc2)c1)C(=O)Nc1cc(C(F)(F)F)ccc1Cl. The first-order valence-corrected chi connectivity index (χ1v) is 15.7. The predicted molar refractivity (Wildman–Crippen MR) is 182 cm³/mol. The standard InChI is InChI=1S/C35H31ClF3N3O5S/c1-4-31(34(45)41-28-19-23(35(37,38)39)13-15-27(28)36)48-26-12-8-11-24(20-26)40-33(44)29(42-32(43)21-9-6-5-7-10-21)18-22-17-25(46-2)14-16-30(22)47-3/h5-20,31H,4H2,1-3H3,(H,40,44)(H,41,45)(H,42,43)/b29-18+. The van der Waals surface area contributed by atoms with E-state index in [9.17, 15) is 27.6 Å². The summed E-state index contributed by atoms with van der Waals surface area (Å²) in [7, 11) is 2.97. The van der Waals surface area contributed by atoms with Gasteiger partial charge in [0.2, 0.25) is 5.91 Å². The smallest absolute Gasteiger partial charge is 0.416 e. The summed E-state index contributed by atoms with van der Waals surface area (Å²) >= 11 is 7.23. The highest BCUT2D eigenvalue weighted by Gasteiger charge is 2.31. The monoisotopic (exact) mass is 697 g/mol. The molecule has 13 heteroatoms. The van der Waals surface area contributed by atoms with E-state index in [1.165, 1.54) is 20.3 Å². The molecule has 8 nitrogen and oxygen atoms in total. The summed E-state index contributed by atoms with van der Waals surface area (Å²) in [4.78, 5) is 40.4. The van der Waals surface area contributed by atoms with E-state index in [2.05, 4.69) is 16.0 Å². The van der Waals surface area contributed by atoms with Crippen molar-refractivity contribution in [1.82, 2.24) is 5.32 Å². The third kappa shape index (κ3) is 9.55. The second-order valence-corrected chi connectivity index (χ2v) is 11.8. The molecule has 4 aromatic carbocycles. The van der Waals surface area contributed by atoms with E-state index in [1.54, 1.807) is 79.7 Å². The van der Waals surface area contributed by atoms with Crippen LogP contribution in [0, 0.1) is 0 Å². The largest absolute Gasteiger partial charge is 0.497 e.